The molecule has 224 valence electrons. The van der Waals surface area contributed by atoms with E-state index in [1.165, 1.54) is 42.1 Å². The molecule has 4 rings (SSSR count). The van der Waals surface area contributed by atoms with Gasteiger partial charge in [0.25, 0.3) is 11.8 Å². The number of benzene rings is 3. The van der Waals surface area contributed by atoms with Crippen molar-refractivity contribution < 1.29 is 23.5 Å². The number of nitrogens with zero attached hydrogens (tertiary/aromatic N) is 4. The predicted molar refractivity (Wildman–Crippen MR) is 162 cm³/mol. The summed E-state index contributed by atoms with van der Waals surface area (Å²) in [6.07, 6.45) is 1.43. The summed E-state index contributed by atoms with van der Waals surface area (Å²) in [7, 11) is 3.17. The van der Waals surface area contributed by atoms with E-state index in [2.05, 4.69) is 20.7 Å². The highest BCUT2D eigenvalue weighted by molar-refractivity contribution is 6.12. The number of methoxy groups -OCH3 is 1. The van der Waals surface area contributed by atoms with Crippen LogP contribution in [-0.2, 0) is 28.0 Å². The van der Waals surface area contributed by atoms with Crippen molar-refractivity contribution in [2.45, 2.75) is 47.3 Å². The molecule has 11 heteroatoms. The number of carbonyl (C=O) groups is 3. The third kappa shape index (κ3) is 6.78. The van der Waals surface area contributed by atoms with Crippen LogP contribution in [0.4, 0.5) is 21.5 Å². The van der Waals surface area contributed by atoms with Crippen LogP contribution in [0.3, 0.4) is 0 Å². The van der Waals surface area contributed by atoms with Gasteiger partial charge in [-0.25, -0.2) is 9.37 Å². The number of rotatable bonds is 9. The molecule has 0 bridgehead atoms. The summed E-state index contributed by atoms with van der Waals surface area (Å²) in [5.74, 6) is -2.62. The molecule has 0 aliphatic rings. The zero-order valence-electron chi connectivity index (χ0n) is 25.3. The van der Waals surface area contributed by atoms with E-state index < -0.39 is 23.7 Å². The standard InChI is InChI=1S/C32H35FN6O4/c1-18-13-20(3)28(21(4)14-18)36-31(41)29(30-34-17-38(6)37-30)39(27-10-8-9-19(2)25(27)16-43-7)32(42)24-12-11-23(15-26(24)33)35-22(5)40/h8-15,17,29H,16H2,1-7H3,(H,35,40)(H,36,41). The topological polar surface area (TPSA) is 118 Å². The van der Waals surface area contributed by atoms with Crippen molar-refractivity contribution in [3.8, 4) is 0 Å². The van der Waals surface area contributed by atoms with Crippen LogP contribution in [0.2, 0.25) is 0 Å². The zero-order valence-corrected chi connectivity index (χ0v) is 25.3. The molecule has 1 heterocycles. The van der Waals surface area contributed by atoms with Gasteiger partial charge in [0.15, 0.2) is 11.9 Å². The zero-order chi connectivity index (χ0) is 31.4. The van der Waals surface area contributed by atoms with Crippen LogP contribution in [0, 0.1) is 33.5 Å². The van der Waals surface area contributed by atoms with Gasteiger partial charge in [0.2, 0.25) is 5.91 Å². The van der Waals surface area contributed by atoms with Gasteiger partial charge in [-0.2, -0.15) is 5.10 Å². The molecular formula is C32H35FN6O4. The van der Waals surface area contributed by atoms with Gasteiger partial charge in [-0.05, 0) is 68.7 Å². The van der Waals surface area contributed by atoms with Crippen molar-refractivity contribution in [2.75, 3.05) is 22.6 Å². The van der Waals surface area contributed by atoms with Crippen molar-refractivity contribution in [1.29, 1.82) is 0 Å². The number of hydrogen-bond donors (Lipinski definition) is 2. The summed E-state index contributed by atoms with van der Waals surface area (Å²) in [5, 5.41) is 9.90. The molecule has 4 aromatic rings. The molecule has 2 N–H and O–H groups in total. The average Bonchev–Trinajstić information content (AvgIpc) is 3.35. The van der Waals surface area contributed by atoms with E-state index >= 15 is 4.39 Å². The van der Waals surface area contributed by atoms with Gasteiger partial charge >= 0.3 is 0 Å². The number of amides is 3. The molecule has 0 aliphatic carbocycles. The lowest BCUT2D eigenvalue weighted by Crippen LogP contribution is -2.43. The Labute approximate surface area is 249 Å². The van der Waals surface area contributed by atoms with E-state index in [1.807, 2.05) is 45.9 Å². The molecule has 1 unspecified atom stereocenters. The normalized spacial score (nSPS) is 11.6. The lowest BCUT2D eigenvalue weighted by molar-refractivity contribution is -0.117. The molecule has 0 radical (unpaired) electrons. The Morgan fingerprint density at radius 3 is 2.28 bits per heavy atom. The van der Waals surface area contributed by atoms with Crippen LogP contribution in [-0.4, -0.2) is 39.6 Å². The van der Waals surface area contributed by atoms with E-state index in [0.717, 1.165) is 28.3 Å². The monoisotopic (exact) mass is 586 g/mol. The Morgan fingerprint density at radius 1 is 1.00 bits per heavy atom. The first-order valence-electron chi connectivity index (χ1n) is 13.6. The largest absolute Gasteiger partial charge is 0.380 e. The average molecular weight is 587 g/mol. The van der Waals surface area contributed by atoms with Gasteiger partial charge in [0, 0.05) is 38.0 Å². The SMILES string of the molecule is COCc1c(C)cccc1N(C(=O)c1ccc(NC(C)=O)cc1F)C(C(=O)Nc1c(C)cc(C)cc1C)c1ncn(C)n1. The summed E-state index contributed by atoms with van der Waals surface area (Å²) in [4.78, 5) is 45.8. The fourth-order valence-corrected chi connectivity index (χ4v) is 5.11. The Bertz CT molecular complexity index is 1680. The molecule has 1 aromatic heterocycles. The van der Waals surface area contributed by atoms with E-state index in [0.29, 0.717) is 16.9 Å². The molecule has 3 aromatic carbocycles. The molecular weight excluding hydrogens is 551 g/mol. The lowest BCUT2D eigenvalue weighted by atomic mass is 10.0. The van der Waals surface area contributed by atoms with Crippen LogP contribution in [0.5, 0.6) is 0 Å². The summed E-state index contributed by atoms with van der Waals surface area (Å²) in [5.41, 5.74) is 4.96. The highest BCUT2D eigenvalue weighted by atomic mass is 19.1. The number of aryl methyl sites for hydroxylation is 5. The quantitative estimate of drug-likeness (QED) is 0.274. The molecule has 1 atom stereocenters. The molecule has 0 spiro atoms. The van der Waals surface area contributed by atoms with E-state index in [-0.39, 0.29) is 29.6 Å². The molecule has 3 amide bonds. The predicted octanol–water partition coefficient (Wildman–Crippen LogP) is 5.32. The summed E-state index contributed by atoms with van der Waals surface area (Å²) in [6, 6.07) is 11.5. The Kier molecular flexibility index (Phi) is 9.35. The molecule has 0 aliphatic heterocycles. The fourth-order valence-electron chi connectivity index (χ4n) is 5.11. The van der Waals surface area contributed by atoms with Crippen LogP contribution in [0.15, 0.2) is 54.9 Å². The van der Waals surface area contributed by atoms with Crippen LogP contribution >= 0.6 is 0 Å². The minimum atomic E-state index is -1.40. The van der Waals surface area contributed by atoms with Gasteiger partial charge in [-0.1, -0.05) is 29.8 Å². The fraction of sp³-hybridized carbons (Fsp3) is 0.281. The first-order valence-corrected chi connectivity index (χ1v) is 13.6. The number of nitrogens with one attached hydrogen (secondary N) is 2. The lowest BCUT2D eigenvalue weighted by Gasteiger charge is -2.32. The second-order valence-corrected chi connectivity index (χ2v) is 10.5. The maximum absolute atomic E-state index is 15.6. The number of halogens is 1. The van der Waals surface area contributed by atoms with Gasteiger partial charge in [0.05, 0.1) is 17.9 Å². The van der Waals surface area contributed by atoms with Crippen molar-refractivity contribution in [1.82, 2.24) is 14.8 Å². The van der Waals surface area contributed by atoms with Gasteiger partial charge in [-0.15, -0.1) is 0 Å². The van der Waals surface area contributed by atoms with E-state index in [1.54, 1.807) is 19.2 Å². The number of anilines is 3. The van der Waals surface area contributed by atoms with Crippen molar-refractivity contribution in [2.24, 2.45) is 7.05 Å². The number of hydrogen-bond acceptors (Lipinski definition) is 6. The second kappa shape index (κ2) is 13.0. The Hall–Kier alpha value is -4.90. The van der Waals surface area contributed by atoms with Crippen LogP contribution in [0.1, 0.15) is 57.0 Å². The first-order chi connectivity index (χ1) is 20.4. The summed E-state index contributed by atoms with van der Waals surface area (Å²) < 4.78 is 22.4. The summed E-state index contributed by atoms with van der Waals surface area (Å²) >= 11 is 0. The van der Waals surface area contributed by atoms with Crippen LogP contribution < -0.4 is 15.5 Å². The third-order valence-electron chi connectivity index (χ3n) is 6.97. The van der Waals surface area contributed by atoms with E-state index in [4.69, 9.17) is 4.74 Å². The van der Waals surface area contributed by atoms with Crippen molar-refractivity contribution in [3.63, 3.8) is 0 Å². The molecule has 43 heavy (non-hydrogen) atoms. The minimum absolute atomic E-state index is 0.0379. The van der Waals surface area contributed by atoms with Crippen molar-refractivity contribution >= 4 is 34.8 Å². The first kappa shape index (κ1) is 31.0. The Morgan fingerprint density at radius 2 is 1.70 bits per heavy atom. The van der Waals surface area contributed by atoms with Crippen LogP contribution in [0.25, 0.3) is 0 Å². The summed E-state index contributed by atoms with van der Waals surface area (Å²) in [6.45, 7) is 9.01. The Balaban J connectivity index is 1.94. The van der Waals surface area contributed by atoms with Gasteiger partial charge in [0.1, 0.15) is 12.1 Å². The molecule has 0 fully saturated rings. The number of ether oxygens (including phenoxy) is 1. The maximum atomic E-state index is 15.6. The number of aromatic nitrogens is 3. The van der Waals surface area contributed by atoms with Gasteiger partial charge < -0.3 is 15.4 Å². The molecule has 0 saturated heterocycles. The van der Waals surface area contributed by atoms with E-state index in [9.17, 15) is 14.4 Å². The second-order valence-electron chi connectivity index (χ2n) is 10.5. The third-order valence-corrected chi connectivity index (χ3v) is 6.97. The van der Waals surface area contributed by atoms with Crippen molar-refractivity contribution in [3.05, 3.63) is 99.9 Å². The minimum Gasteiger partial charge on any atom is -0.380 e. The molecule has 0 saturated carbocycles. The highest BCUT2D eigenvalue weighted by Crippen LogP contribution is 2.35. The number of carbonyl (C=O) groups excluding carboxylic acids is 3. The highest BCUT2D eigenvalue weighted by Gasteiger charge is 2.38. The smallest absolute Gasteiger partial charge is 0.262 e. The van der Waals surface area contributed by atoms with Gasteiger partial charge in [-0.3, -0.25) is 24.0 Å². The maximum Gasteiger partial charge on any atom is 0.262 e. The molecule has 10 nitrogen and oxygen atoms in total.